The van der Waals surface area contributed by atoms with E-state index >= 15 is 0 Å². The first kappa shape index (κ1) is 15.3. The van der Waals surface area contributed by atoms with Crippen molar-refractivity contribution in [3.8, 4) is 0 Å². The van der Waals surface area contributed by atoms with Crippen molar-refractivity contribution in [2.24, 2.45) is 0 Å². The van der Waals surface area contributed by atoms with Crippen LogP contribution in [0, 0.1) is 13.8 Å². The topological polar surface area (TPSA) is 115 Å². The van der Waals surface area contributed by atoms with E-state index in [2.05, 4.69) is 15.5 Å². The number of aliphatic hydroxyl groups is 2. The van der Waals surface area contributed by atoms with Gasteiger partial charge in [0, 0.05) is 0 Å². The molecule has 19 heavy (non-hydrogen) atoms. The van der Waals surface area contributed by atoms with Gasteiger partial charge in [0.05, 0.1) is 24.4 Å². The van der Waals surface area contributed by atoms with Crippen molar-refractivity contribution in [2.45, 2.75) is 32.7 Å². The minimum atomic E-state index is -1.13. The number of carbonyl (C=O) groups excluding carboxylic acids is 1. The lowest BCUT2D eigenvalue weighted by molar-refractivity contribution is 0.0651. The van der Waals surface area contributed by atoms with Gasteiger partial charge in [-0.3, -0.25) is 9.59 Å². The van der Waals surface area contributed by atoms with Crippen LogP contribution >= 0.6 is 0 Å². The molecule has 0 aliphatic carbocycles. The van der Waals surface area contributed by atoms with E-state index in [1.54, 1.807) is 20.8 Å². The van der Waals surface area contributed by atoms with Gasteiger partial charge < -0.3 is 15.5 Å². The monoisotopic (exact) mass is 269 g/mol. The highest BCUT2D eigenvalue weighted by Crippen LogP contribution is 2.11. The van der Waals surface area contributed by atoms with E-state index in [1.165, 1.54) is 0 Å². The van der Waals surface area contributed by atoms with E-state index in [0.717, 1.165) is 0 Å². The molecule has 1 heterocycles. The van der Waals surface area contributed by atoms with Crippen LogP contribution in [-0.4, -0.2) is 45.1 Å². The Morgan fingerprint density at radius 3 is 2.42 bits per heavy atom. The lowest BCUT2D eigenvalue weighted by Crippen LogP contribution is -2.54. The third kappa shape index (κ3) is 2.99. The Morgan fingerprint density at radius 1 is 1.37 bits per heavy atom. The van der Waals surface area contributed by atoms with E-state index in [4.69, 9.17) is 0 Å². The van der Waals surface area contributed by atoms with Crippen molar-refractivity contribution in [1.29, 1.82) is 0 Å². The second kappa shape index (κ2) is 5.94. The van der Waals surface area contributed by atoms with Crippen LogP contribution in [0.1, 0.15) is 35.0 Å². The Balaban J connectivity index is 3.15. The summed E-state index contributed by atoms with van der Waals surface area (Å²) in [6.45, 7) is 4.20. The van der Waals surface area contributed by atoms with Crippen molar-refractivity contribution >= 4 is 5.91 Å². The first-order valence-corrected chi connectivity index (χ1v) is 6.01. The van der Waals surface area contributed by atoms with Crippen LogP contribution in [0.15, 0.2) is 4.79 Å². The molecular formula is C12H19N3O4. The maximum atomic E-state index is 12.1. The van der Waals surface area contributed by atoms with Gasteiger partial charge in [-0.25, -0.2) is 5.10 Å². The summed E-state index contributed by atoms with van der Waals surface area (Å²) in [5.74, 6) is -0.630. The molecular weight excluding hydrogens is 250 g/mol. The summed E-state index contributed by atoms with van der Waals surface area (Å²) >= 11 is 0. The lowest BCUT2D eigenvalue weighted by atomic mass is 9.97. The number of hydrogen-bond acceptors (Lipinski definition) is 5. The van der Waals surface area contributed by atoms with E-state index in [9.17, 15) is 19.8 Å². The Hall–Kier alpha value is -1.73. The molecule has 7 nitrogen and oxygen atoms in total. The summed E-state index contributed by atoms with van der Waals surface area (Å²) in [6, 6.07) is 0. The summed E-state index contributed by atoms with van der Waals surface area (Å²) in [5, 5.41) is 27.1. The predicted octanol–water partition coefficient (Wildman–Crippen LogP) is -0.750. The van der Waals surface area contributed by atoms with Crippen LogP contribution in [0.3, 0.4) is 0 Å². The molecule has 106 valence electrons. The molecule has 0 fully saturated rings. The smallest absolute Gasteiger partial charge is 0.277 e. The first-order valence-electron chi connectivity index (χ1n) is 6.01. The van der Waals surface area contributed by atoms with Gasteiger partial charge in [0.2, 0.25) is 0 Å². The Labute approximate surface area is 110 Å². The van der Waals surface area contributed by atoms with Gasteiger partial charge in [-0.2, -0.15) is 5.10 Å². The lowest BCUT2D eigenvalue weighted by Gasteiger charge is -2.29. The van der Waals surface area contributed by atoms with Gasteiger partial charge in [-0.15, -0.1) is 0 Å². The highest BCUT2D eigenvalue weighted by Gasteiger charge is 2.30. The molecule has 0 saturated carbocycles. The minimum absolute atomic E-state index is 0.0489. The van der Waals surface area contributed by atoms with Crippen molar-refractivity contribution < 1.29 is 15.0 Å². The molecule has 1 aromatic heterocycles. The summed E-state index contributed by atoms with van der Waals surface area (Å²) in [4.78, 5) is 23.8. The van der Waals surface area contributed by atoms with Crippen LogP contribution in [-0.2, 0) is 0 Å². The number of rotatable bonds is 5. The van der Waals surface area contributed by atoms with Crippen LogP contribution in [0.4, 0.5) is 0 Å². The molecule has 0 radical (unpaired) electrons. The second-order valence-electron chi connectivity index (χ2n) is 4.54. The van der Waals surface area contributed by atoms with Crippen molar-refractivity contribution in [1.82, 2.24) is 15.5 Å². The molecule has 0 unspecified atom stereocenters. The summed E-state index contributed by atoms with van der Waals surface area (Å²) in [6.07, 6.45) is 0.340. The third-order valence-corrected chi connectivity index (χ3v) is 3.36. The zero-order valence-corrected chi connectivity index (χ0v) is 11.3. The highest BCUT2D eigenvalue weighted by atomic mass is 16.3. The molecule has 4 N–H and O–H groups in total. The van der Waals surface area contributed by atoms with E-state index in [-0.39, 0.29) is 5.56 Å². The molecule has 0 atom stereocenters. The number of nitrogens with zero attached hydrogens (tertiary/aromatic N) is 1. The fraction of sp³-hybridized carbons (Fsp3) is 0.583. The number of carbonyl (C=O) groups is 1. The molecule has 1 amide bonds. The van der Waals surface area contributed by atoms with Crippen molar-refractivity contribution in [3.05, 3.63) is 27.2 Å². The normalized spacial score (nSPS) is 11.4. The van der Waals surface area contributed by atoms with Gasteiger partial charge in [0.25, 0.3) is 11.5 Å². The van der Waals surface area contributed by atoms with Crippen molar-refractivity contribution in [3.63, 3.8) is 0 Å². The summed E-state index contributed by atoms with van der Waals surface area (Å²) < 4.78 is 0. The number of amides is 1. The number of nitrogens with one attached hydrogen (secondary N) is 2. The predicted molar refractivity (Wildman–Crippen MR) is 69.0 cm³/mol. The van der Waals surface area contributed by atoms with Gasteiger partial charge in [-0.1, -0.05) is 6.92 Å². The number of aryl methyl sites for hydroxylation is 1. The molecule has 0 saturated heterocycles. The average Bonchev–Trinajstić information content (AvgIpc) is 2.41. The van der Waals surface area contributed by atoms with E-state index in [1.807, 2.05) is 0 Å². The summed E-state index contributed by atoms with van der Waals surface area (Å²) in [5.41, 5.74) is -0.761. The molecule has 1 rings (SSSR count). The summed E-state index contributed by atoms with van der Waals surface area (Å²) in [7, 11) is 0. The first-order chi connectivity index (χ1) is 8.90. The Bertz CT molecular complexity index is 512. The third-order valence-electron chi connectivity index (χ3n) is 3.36. The zero-order chi connectivity index (χ0) is 14.6. The molecule has 7 heteroatoms. The number of aromatic amines is 1. The van der Waals surface area contributed by atoms with Gasteiger partial charge in [-0.05, 0) is 25.8 Å². The Kier molecular flexibility index (Phi) is 4.79. The number of H-pyrrole nitrogens is 1. The largest absolute Gasteiger partial charge is 0.394 e. The van der Waals surface area contributed by atoms with Gasteiger partial charge in [0.1, 0.15) is 5.56 Å². The van der Waals surface area contributed by atoms with E-state index < -0.39 is 30.2 Å². The zero-order valence-electron chi connectivity index (χ0n) is 11.3. The molecule has 0 bridgehead atoms. The highest BCUT2D eigenvalue weighted by molar-refractivity contribution is 5.95. The fourth-order valence-corrected chi connectivity index (χ4v) is 1.64. The quantitative estimate of drug-likeness (QED) is 0.561. The fourth-order valence-electron chi connectivity index (χ4n) is 1.64. The molecule has 0 aliphatic heterocycles. The standard InChI is InChI=1S/C12H19N3O4/c1-4-12(5-16,6-17)13-10(18)9-7(2)8(3)14-15-11(9)19/h16-17H,4-6H2,1-3H3,(H,13,18)(H,15,19). The van der Waals surface area contributed by atoms with Gasteiger partial charge >= 0.3 is 0 Å². The van der Waals surface area contributed by atoms with Crippen LogP contribution in [0.5, 0.6) is 0 Å². The maximum Gasteiger partial charge on any atom is 0.277 e. The van der Waals surface area contributed by atoms with Crippen molar-refractivity contribution in [2.75, 3.05) is 13.2 Å². The van der Waals surface area contributed by atoms with Crippen LogP contribution < -0.4 is 10.9 Å². The van der Waals surface area contributed by atoms with Crippen LogP contribution in [0.25, 0.3) is 0 Å². The number of hydrogen-bond donors (Lipinski definition) is 4. The average molecular weight is 269 g/mol. The number of aliphatic hydroxyl groups excluding tert-OH is 2. The van der Waals surface area contributed by atoms with Crippen LogP contribution in [0.2, 0.25) is 0 Å². The minimum Gasteiger partial charge on any atom is -0.394 e. The molecule has 0 aliphatic rings. The molecule has 0 aromatic carbocycles. The molecule has 0 spiro atoms. The molecule has 1 aromatic rings. The number of aromatic nitrogens is 2. The second-order valence-corrected chi connectivity index (χ2v) is 4.54. The maximum absolute atomic E-state index is 12.1. The van der Waals surface area contributed by atoms with E-state index in [0.29, 0.717) is 17.7 Å². The van der Waals surface area contributed by atoms with Gasteiger partial charge in [0.15, 0.2) is 0 Å². The Morgan fingerprint density at radius 2 is 1.95 bits per heavy atom. The SMILES string of the molecule is CCC(CO)(CO)NC(=O)c1c(C)c(C)n[nH]c1=O.